The summed E-state index contributed by atoms with van der Waals surface area (Å²) in [5, 5.41) is 0.689. The van der Waals surface area contributed by atoms with Crippen molar-refractivity contribution in [3.63, 3.8) is 0 Å². The molecule has 0 amide bonds. The SMILES string of the molecule is COc1ccccc1CN1CC(SC(C)=O)C1. The molecule has 2 rings (SSSR count). The van der Waals surface area contributed by atoms with Crippen molar-refractivity contribution >= 4 is 16.9 Å². The molecular weight excluding hydrogens is 234 g/mol. The molecule has 92 valence electrons. The maximum absolute atomic E-state index is 10.9. The van der Waals surface area contributed by atoms with Gasteiger partial charge in [-0.1, -0.05) is 30.0 Å². The second kappa shape index (κ2) is 5.56. The van der Waals surface area contributed by atoms with Crippen LogP contribution in [-0.4, -0.2) is 35.5 Å². The first-order chi connectivity index (χ1) is 8.19. The Labute approximate surface area is 106 Å². The number of carbonyl (C=O) groups is 1. The number of rotatable bonds is 4. The van der Waals surface area contributed by atoms with Crippen molar-refractivity contribution in [2.75, 3.05) is 20.2 Å². The van der Waals surface area contributed by atoms with Crippen LogP contribution in [0.3, 0.4) is 0 Å². The molecule has 1 saturated heterocycles. The van der Waals surface area contributed by atoms with Crippen molar-refractivity contribution in [3.8, 4) is 5.75 Å². The molecule has 3 nitrogen and oxygen atoms in total. The molecule has 1 aliphatic heterocycles. The van der Waals surface area contributed by atoms with Crippen LogP contribution in [0, 0.1) is 0 Å². The van der Waals surface area contributed by atoms with E-state index in [1.807, 2.05) is 18.2 Å². The van der Waals surface area contributed by atoms with Crippen LogP contribution in [0.1, 0.15) is 12.5 Å². The van der Waals surface area contributed by atoms with Crippen molar-refractivity contribution in [1.82, 2.24) is 4.90 Å². The summed E-state index contributed by atoms with van der Waals surface area (Å²) in [5.74, 6) is 0.940. The third-order valence-electron chi connectivity index (χ3n) is 2.84. The summed E-state index contributed by atoms with van der Waals surface area (Å²) < 4.78 is 5.32. The number of likely N-dealkylation sites (tertiary alicyclic amines) is 1. The first-order valence-electron chi connectivity index (χ1n) is 5.70. The van der Waals surface area contributed by atoms with E-state index in [9.17, 15) is 4.79 Å². The van der Waals surface area contributed by atoms with E-state index in [0.29, 0.717) is 5.25 Å². The molecule has 17 heavy (non-hydrogen) atoms. The minimum Gasteiger partial charge on any atom is -0.496 e. The summed E-state index contributed by atoms with van der Waals surface area (Å²) in [5.41, 5.74) is 1.21. The van der Waals surface area contributed by atoms with Crippen LogP contribution >= 0.6 is 11.8 Å². The lowest BCUT2D eigenvalue weighted by atomic mass is 10.1. The van der Waals surface area contributed by atoms with Gasteiger partial charge in [-0.2, -0.15) is 0 Å². The highest BCUT2D eigenvalue weighted by Gasteiger charge is 2.28. The number of methoxy groups -OCH3 is 1. The quantitative estimate of drug-likeness (QED) is 0.820. The first-order valence-corrected chi connectivity index (χ1v) is 6.58. The first kappa shape index (κ1) is 12.5. The summed E-state index contributed by atoms with van der Waals surface area (Å²) in [6, 6.07) is 8.08. The van der Waals surface area contributed by atoms with Gasteiger partial charge in [-0.15, -0.1) is 0 Å². The van der Waals surface area contributed by atoms with Gasteiger partial charge in [0.15, 0.2) is 5.12 Å². The Kier molecular flexibility index (Phi) is 4.07. The highest BCUT2D eigenvalue weighted by atomic mass is 32.2. The highest BCUT2D eigenvalue weighted by Crippen LogP contribution is 2.27. The average molecular weight is 251 g/mol. The van der Waals surface area contributed by atoms with Crippen molar-refractivity contribution in [2.24, 2.45) is 0 Å². The maximum Gasteiger partial charge on any atom is 0.186 e. The van der Waals surface area contributed by atoms with Crippen molar-refractivity contribution < 1.29 is 9.53 Å². The molecule has 0 N–H and O–H groups in total. The van der Waals surface area contributed by atoms with Gasteiger partial charge >= 0.3 is 0 Å². The Morgan fingerprint density at radius 1 is 1.47 bits per heavy atom. The zero-order valence-electron chi connectivity index (χ0n) is 10.2. The van der Waals surface area contributed by atoms with E-state index in [1.165, 1.54) is 17.3 Å². The van der Waals surface area contributed by atoms with Gasteiger partial charge in [0.2, 0.25) is 0 Å². The van der Waals surface area contributed by atoms with Gasteiger partial charge in [-0.3, -0.25) is 9.69 Å². The summed E-state index contributed by atoms with van der Waals surface area (Å²) >= 11 is 1.45. The van der Waals surface area contributed by atoms with Gasteiger partial charge < -0.3 is 4.74 Å². The number of para-hydroxylation sites is 1. The van der Waals surface area contributed by atoms with Crippen LogP contribution in [0.4, 0.5) is 0 Å². The van der Waals surface area contributed by atoms with Crippen molar-refractivity contribution in [1.29, 1.82) is 0 Å². The van der Waals surface area contributed by atoms with E-state index in [0.717, 1.165) is 25.4 Å². The normalized spacial score (nSPS) is 16.6. The Morgan fingerprint density at radius 3 is 2.82 bits per heavy atom. The molecule has 1 fully saturated rings. The fourth-order valence-corrected chi connectivity index (χ4v) is 3.08. The van der Waals surface area contributed by atoms with Crippen LogP contribution < -0.4 is 4.74 Å². The Morgan fingerprint density at radius 2 is 2.18 bits per heavy atom. The van der Waals surface area contributed by atoms with Gasteiger partial charge in [-0.25, -0.2) is 0 Å². The Bertz CT molecular complexity index is 402. The zero-order chi connectivity index (χ0) is 12.3. The molecule has 1 heterocycles. The lowest BCUT2D eigenvalue weighted by molar-refractivity contribution is -0.109. The molecule has 1 aromatic carbocycles. The Balaban J connectivity index is 1.85. The fraction of sp³-hybridized carbons (Fsp3) is 0.462. The van der Waals surface area contributed by atoms with Crippen molar-refractivity contribution in [3.05, 3.63) is 29.8 Å². The van der Waals surface area contributed by atoms with E-state index < -0.39 is 0 Å². The van der Waals surface area contributed by atoms with Crippen LogP contribution in [0.5, 0.6) is 5.75 Å². The third kappa shape index (κ3) is 3.23. The summed E-state index contributed by atoms with van der Waals surface area (Å²) in [4.78, 5) is 13.3. The molecule has 1 aliphatic rings. The number of nitrogens with zero attached hydrogens (tertiary/aromatic N) is 1. The predicted molar refractivity (Wildman–Crippen MR) is 70.3 cm³/mol. The van der Waals surface area contributed by atoms with Crippen LogP contribution in [0.25, 0.3) is 0 Å². The minimum atomic E-state index is 0.215. The molecule has 0 saturated carbocycles. The number of thioether (sulfide) groups is 1. The molecular formula is C13H17NO2S. The van der Waals surface area contributed by atoms with E-state index >= 15 is 0 Å². The van der Waals surface area contributed by atoms with E-state index in [2.05, 4.69) is 11.0 Å². The van der Waals surface area contributed by atoms with Gasteiger partial charge in [0.1, 0.15) is 5.75 Å². The van der Waals surface area contributed by atoms with Crippen LogP contribution in [-0.2, 0) is 11.3 Å². The molecule has 0 aliphatic carbocycles. The molecule has 1 aromatic rings. The number of carbonyl (C=O) groups excluding carboxylic acids is 1. The molecule has 0 spiro atoms. The molecule has 0 bridgehead atoms. The second-order valence-corrected chi connectivity index (χ2v) is 5.71. The molecule has 0 atom stereocenters. The largest absolute Gasteiger partial charge is 0.496 e. The van der Waals surface area contributed by atoms with Crippen molar-refractivity contribution in [2.45, 2.75) is 18.7 Å². The smallest absolute Gasteiger partial charge is 0.186 e. The topological polar surface area (TPSA) is 29.5 Å². The van der Waals surface area contributed by atoms with Crippen LogP contribution in [0.2, 0.25) is 0 Å². The third-order valence-corrected chi connectivity index (χ3v) is 3.81. The standard InChI is InChI=1S/C13H17NO2S/c1-10(15)17-12-8-14(9-12)7-11-5-3-4-6-13(11)16-2/h3-6,12H,7-9H2,1-2H3. The highest BCUT2D eigenvalue weighted by molar-refractivity contribution is 8.14. The van der Waals surface area contributed by atoms with Gasteiger partial charge in [0.25, 0.3) is 0 Å². The van der Waals surface area contributed by atoms with Gasteiger partial charge in [-0.05, 0) is 6.07 Å². The lowest BCUT2D eigenvalue weighted by Crippen LogP contribution is -2.48. The summed E-state index contributed by atoms with van der Waals surface area (Å²) in [6.07, 6.45) is 0. The molecule has 0 radical (unpaired) electrons. The molecule has 4 heteroatoms. The summed E-state index contributed by atoms with van der Waals surface area (Å²) in [6.45, 7) is 4.51. The minimum absolute atomic E-state index is 0.215. The number of ether oxygens (including phenoxy) is 1. The second-order valence-electron chi connectivity index (χ2n) is 4.24. The number of benzene rings is 1. The predicted octanol–water partition coefficient (Wildman–Crippen LogP) is 2.16. The fourth-order valence-electron chi connectivity index (χ4n) is 2.04. The van der Waals surface area contributed by atoms with E-state index in [1.54, 1.807) is 14.0 Å². The van der Waals surface area contributed by atoms with Crippen LogP contribution in [0.15, 0.2) is 24.3 Å². The zero-order valence-corrected chi connectivity index (χ0v) is 11.0. The Hall–Kier alpha value is -1.00. The monoisotopic (exact) mass is 251 g/mol. The number of hydrogen-bond donors (Lipinski definition) is 0. The molecule has 0 aromatic heterocycles. The van der Waals surface area contributed by atoms with Gasteiger partial charge in [0.05, 0.1) is 7.11 Å². The summed E-state index contributed by atoms with van der Waals surface area (Å²) in [7, 11) is 1.70. The van der Waals surface area contributed by atoms with Gasteiger partial charge in [0, 0.05) is 37.4 Å². The lowest BCUT2D eigenvalue weighted by Gasteiger charge is -2.38. The van der Waals surface area contributed by atoms with E-state index in [-0.39, 0.29) is 5.12 Å². The maximum atomic E-state index is 10.9. The number of hydrogen-bond acceptors (Lipinski definition) is 4. The van der Waals surface area contributed by atoms with E-state index in [4.69, 9.17) is 4.74 Å². The molecule has 0 unspecified atom stereocenters. The average Bonchev–Trinajstić information content (AvgIpc) is 2.26.